The van der Waals surface area contributed by atoms with E-state index in [0.717, 1.165) is 50.3 Å². The molecule has 2 unspecified atom stereocenters. The summed E-state index contributed by atoms with van der Waals surface area (Å²) >= 11 is 0. The zero-order chi connectivity index (χ0) is 32.2. The second kappa shape index (κ2) is 11.0. The standard InChI is InChI=1S/C44H28N4/c45-27-29-14-24-43-39(25-29)38-9-3-4-10-40(38)47(43)34-21-19-32(20-22-34)31-15-17-33(18-16-31)35-23-13-30(28-46)26-44(35)48-41-11-5-1-7-36(41)37-8-2-6-12-42(37)48/h1-26,38,40H. The Morgan fingerprint density at radius 3 is 1.79 bits per heavy atom. The molecule has 0 spiro atoms. The second-order valence-corrected chi connectivity index (χ2v) is 12.4. The molecule has 6 aromatic carbocycles. The molecule has 224 valence electrons. The van der Waals surface area contributed by atoms with Gasteiger partial charge < -0.3 is 9.47 Å². The predicted molar refractivity (Wildman–Crippen MR) is 194 cm³/mol. The van der Waals surface area contributed by atoms with Gasteiger partial charge in [0.15, 0.2) is 0 Å². The number of allylic oxidation sites excluding steroid dienone is 2. The van der Waals surface area contributed by atoms with Crippen molar-refractivity contribution in [1.82, 2.24) is 4.57 Å². The maximum absolute atomic E-state index is 9.85. The summed E-state index contributed by atoms with van der Waals surface area (Å²) in [5, 5.41) is 21.7. The van der Waals surface area contributed by atoms with Gasteiger partial charge in [0.2, 0.25) is 0 Å². The summed E-state index contributed by atoms with van der Waals surface area (Å²) in [5.74, 6) is 0.222. The molecule has 2 atom stereocenters. The molecule has 7 aromatic rings. The van der Waals surface area contributed by atoms with Gasteiger partial charge in [-0.3, -0.25) is 0 Å². The predicted octanol–water partition coefficient (Wildman–Crippen LogP) is 10.6. The molecule has 4 nitrogen and oxygen atoms in total. The average Bonchev–Trinajstić information content (AvgIpc) is 3.67. The van der Waals surface area contributed by atoms with E-state index < -0.39 is 0 Å². The van der Waals surface area contributed by atoms with E-state index in [2.05, 4.69) is 155 Å². The number of rotatable bonds is 4. The van der Waals surface area contributed by atoms with Crippen LogP contribution in [0, 0.1) is 22.7 Å². The summed E-state index contributed by atoms with van der Waals surface area (Å²) in [5.41, 5.74) is 12.4. The van der Waals surface area contributed by atoms with Crippen molar-refractivity contribution in [2.75, 3.05) is 4.90 Å². The minimum atomic E-state index is 0.181. The van der Waals surface area contributed by atoms with Crippen LogP contribution in [-0.2, 0) is 0 Å². The Labute approximate surface area is 279 Å². The highest BCUT2D eigenvalue weighted by molar-refractivity contribution is 6.09. The van der Waals surface area contributed by atoms with Crippen LogP contribution >= 0.6 is 0 Å². The SMILES string of the molecule is N#Cc1ccc2c(c1)C1C=CC=CC1N2c1ccc(-c2ccc(-c3ccc(C#N)cc3-n3c4ccccc4c4ccccc43)cc2)cc1. The first-order valence-electron chi connectivity index (χ1n) is 16.1. The van der Waals surface area contributed by atoms with E-state index in [0.29, 0.717) is 11.1 Å². The molecule has 9 rings (SSSR count). The number of nitrogens with zero attached hydrogens (tertiary/aromatic N) is 4. The van der Waals surface area contributed by atoms with E-state index in [1.54, 1.807) is 0 Å². The van der Waals surface area contributed by atoms with Gasteiger partial charge in [-0.2, -0.15) is 10.5 Å². The number of hydrogen-bond acceptors (Lipinski definition) is 3. The lowest BCUT2D eigenvalue weighted by atomic mass is 9.91. The van der Waals surface area contributed by atoms with Crippen LogP contribution in [0.5, 0.6) is 0 Å². The highest BCUT2D eigenvalue weighted by Gasteiger charge is 2.37. The Balaban J connectivity index is 1.08. The van der Waals surface area contributed by atoms with E-state index in [4.69, 9.17) is 0 Å². The minimum absolute atomic E-state index is 0.181. The Morgan fingerprint density at radius 2 is 1.10 bits per heavy atom. The van der Waals surface area contributed by atoms with Gasteiger partial charge in [0.05, 0.1) is 46.0 Å². The normalized spacial score (nSPS) is 16.1. The molecular weight excluding hydrogens is 585 g/mol. The summed E-state index contributed by atoms with van der Waals surface area (Å²) in [4.78, 5) is 2.38. The largest absolute Gasteiger partial charge is 0.333 e. The molecule has 0 radical (unpaired) electrons. The van der Waals surface area contributed by atoms with Crippen LogP contribution in [0.1, 0.15) is 22.6 Å². The number of benzene rings is 6. The Bertz CT molecular complexity index is 2480. The highest BCUT2D eigenvalue weighted by Crippen LogP contribution is 2.48. The maximum atomic E-state index is 9.85. The number of nitriles is 2. The zero-order valence-corrected chi connectivity index (χ0v) is 26.0. The minimum Gasteiger partial charge on any atom is -0.333 e. The van der Waals surface area contributed by atoms with Crippen molar-refractivity contribution in [3.05, 3.63) is 174 Å². The van der Waals surface area contributed by atoms with Gasteiger partial charge in [0.1, 0.15) is 0 Å². The fraction of sp³-hybridized carbons (Fsp3) is 0.0455. The first kappa shape index (κ1) is 27.7. The van der Waals surface area contributed by atoms with Crippen LogP contribution in [-0.4, -0.2) is 10.6 Å². The molecule has 1 aliphatic heterocycles. The number of aromatic nitrogens is 1. The number of hydrogen-bond donors (Lipinski definition) is 0. The van der Waals surface area contributed by atoms with E-state index in [-0.39, 0.29) is 12.0 Å². The molecule has 4 heteroatoms. The summed E-state index contributed by atoms with van der Waals surface area (Å²) < 4.78 is 2.28. The van der Waals surface area contributed by atoms with Crippen molar-refractivity contribution >= 4 is 33.2 Å². The third-order valence-electron chi connectivity index (χ3n) is 9.80. The van der Waals surface area contributed by atoms with Crippen molar-refractivity contribution in [2.45, 2.75) is 12.0 Å². The van der Waals surface area contributed by atoms with Crippen molar-refractivity contribution in [2.24, 2.45) is 0 Å². The van der Waals surface area contributed by atoms with E-state index in [1.807, 2.05) is 24.3 Å². The summed E-state index contributed by atoms with van der Waals surface area (Å²) in [6.45, 7) is 0. The van der Waals surface area contributed by atoms with Crippen molar-refractivity contribution in [3.8, 4) is 40.1 Å². The molecule has 0 amide bonds. The molecule has 1 aromatic heterocycles. The fourth-order valence-corrected chi connectivity index (χ4v) is 7.58. The molecule has 0 bridgehead atoms. The second-order valence-electron chi connectivity index (χ2n) is 12.4. The average molecular weight is 613 g/mol. The van der Waals surface area contributed by atoms with E-state index in [9.17, 15) is 10.5 Å². The first-order valence-corrected chi connectivity index (χ1v) is 16.1. The van der Waals surface area contributed by atoms with E-state index in [1.165, 1.54) is 16.3 Å². The van der Waals surface area contributed by atoms with Gasteiger partial charge in [0.25, 0.3) is 0 Å². The summed E-state index contributed by atoms with van der Waals surface area (Å²) in [7, 11) is 0. The Hall–Kier alpha value is -6.62. The molecule has 0 saturated heterocycles. The van der Waals surface area contributed by atoms with Gasteiger partial charge in [-0.25, -0.2) is 0 Å². The van der Waals surface area contributed by atoms with E-state index >= 15 is 0 Å². The molecule has 2 heterocycles. The van der Waals surface area contributed by atoms with Gasteiger partial charge in [-0.05, 0) is 76.9 Å². The third kappa shape index (κ3) is 4.28. The lowest BCUT2D eigenvalue weighted by molar-refractivity contribution is 0.744. The van der Waals surface area contributed by atoms with Gasteiger partial charge in [-0.1, -0.05) is 103 Å². The zero-order valence-electron chi connectivity index (χ0n) is 26.0. The highest BCUT2D eigenvalue weighted by atomic mass is 15.2. The Kier molecular flexibility index (Phi) is 6.35. The summed E-state index contributed by atoms with van der Waals surface area (Å²) in [6.07, 6.45) is 8.70. The van der Waals surface area contributed by atoms with Crippen molar-refractivity contribution in [3.63, 3.8) is 0 Å². The first-order chi connectivity index (χ1) is 23.7. The van der Waals surface area contributed by atoms with Crippen LogP contribution in [0.3, 0.4) is 0 Å². The van der Waals surface area contributed by atoms with Crippen molar-refractivity contribution in [1.29, 1.82) is 10.5 Å². The van der Waals surface area contributed by atoms with Crippen LogP contribution in [0.4, 0.5) is 11.4 Å². The lowest BCUT2D eigenvalue weighted by Crippen LogP contribution is -2.28. The Morgan fingerprint density at radius 1 is 0.521 bits per heavy atom. The van der Waals surface area contributed by atoms with Crippen LogP contribution in [0.2, 0.25) is 0 Å². The quantitative estimate of drug-likeness (QED) is 0.199. The van der Waals surface area contributed by atoms with Gasteiger partial charge >= 0.3 is 0 Å². The molecular formula is C44H28N4. The molecule has 48 heavy (non-hydrogen) atoms. The smallest absolute Gasteiger partial charge is 0.0992 e. The number of para-hydroxylation sites is 2. The molecule has 0 fully saturated rings. The van der Waals surface area contributed by atoms with Crippen molar-refractivity contribution < 1.29 is 0 Å². The number of anilines is 2. The monoisotopic (exact) mass is 612 g/mol. The molecule has 1 aliphatic carbocycles. The van der Waals surface area contributed by atoms with Crippen LogP contribution in [0.15, 0.2) is 158 Å². The maximum Gasteiger partial charge on any atom is 0.0992 e. The molecule has 0 N–H and O–H groups in total. The number of fused-ring (bicyclic) bond motifs is 6. The summed E-state index contributed by atoms with van der Waals surface area (Å²) in [6, 6.07) is 51.2. The van der Waals surface area contributed by atoms with Crippen LogP contribution < -0.4 is 4.90 Å². The fourth-order valence-electron chi connectivity index (χ4n) is 7.58. The molecule has 0 saturated carbocycles. The molecule has 2 aliphatic rings. The van der Waals surface area contributed by atoms with Gasteiger partial charge in [-0.15, -0.1) is 0 Å². The van der Waals surface area contributed by atoms with Crippen LogP contribution in [0.25, 0.3) is 49.7 Å². The third-order valence-corrected chi connectivity index (χ3v) is 9.80. The lowest BCUT2D eigenvalue weighted by Gasteiger charge is -2.28. The van der Waals surface area contributed by atoms with Gasteiger partial charge in [0, 0.05) is 33.6 Å². The topological polar surface area (TPSA) is 55.8 Å².